The van der Waals surface area contributed by atoms with Crippen molar-refractivity contribution in [3.05, 3.63) is 35.4 Å². The maximum Gasteiger partial charge on any atom is 0.411 e. The lowest BCUT2D eigenvalue weighted by molar-refractivity contribution is -0.186. The van der Waals surface area contributed by atoms with Gasteiger partial charge in [0.2, 0.25) is 0 Å². The zero-order valence-corrected chi connectivity index (χ0v) is 12.8. The molecule has 0 amide bonds. The molecule has 2 atom stereocenters. The molecule has 1 aromatic carbocycles. The van der Waals surface area contributed by atoms with Crippen LogP contribution in [-0.2, 0) is 11.2 Å². The predicted octanol–water partition coefficient (Wildman–Crippen LogP) is 4.26. The topological polar surface area (TPSA) is 21.3 Å². The Morgan fingerprint density at radius 2 is 1.76 bits per heavy atom. The molecule has 0 heterocycles. The molecule has 0 bridgehead atoms. The number of halogens is 3. The summed E-state index contributed by atoms with van der Waals surface area (Å²) >= 11 is 0. The van der Waals surface area contributed by atoms with Crippen LogP contribution in [0.4, 0.5) is 13.2 Å². The summed E-state index contributed by atoms with van der Waals surface area (Å²) in [6, 6.07) is 7.69. The second-order valence-corrected chi connectivity index (χ2v) is 5.16. The van der Waals surface area contributed by atoms with Gasteiger partial charge in [-0.3, -0.25) is 0 Å². The van der Waals surface area contributed by atoms with E-state index in [1.165, 1.54) is 5.56 Å². The Hall–Kier alpha value is -1.07. The number of rotatable bonds is 8. The van der Waals surface area contributed by atoms with Crippen LogP contribution in [0.1, 0.15) is 44.4 Å². The van der Waals surface area contributed by atoms with Crippen molar-refractivity contribution in [3.8, 4) is 0 Å². The quantitative estimate of drug-likeness (QED) is 0.775. The first kappa shape index (κ1) is 18.0. The maximum atomic E-state index is 12.3. The third kappa shape index (κ3) is 6.48. The smallest absolute Gasteiger partial charge is 0.367 e. The molecule has 0 saturated carbocycles. The highest BCUT2D eigenvalue weighted by molar-refractivity contribution is 5.25. The van der Waals surface area contributed by atoms with Crippen molar-refractivity contribution in [2.24, 2.45) is 0 Å². The van der Waals surface area contributed by atoms with E-state index in [2.05, 4.69) is 12.2 Å². The number of benzene rings is 1. The minimum Gasteiger partial charge on any atom is -0.367 e. The Morgan fingerprint density at radius 1 is 1.14 bits per heavy atom. The molecule has 1 aromatic rings. The van der Waals surface area contributed by atoms with Crippen molar-refractivity contribution in [1.29, 1.82) is 0 Å². The van der Waals surface area contributed by atoms with Crippen LogP contribution in [0.3, 0.4) is 0 Å². The predicted molar refractivity (Wildman–Crippen MR) is 78.3 cm³/mol. The zero-order chi connectivity index (χ0) is 15.9. The molecule has 5 heteroatoms. The van der Waals surface area contributed by atoms with Crippen molar-refractivity contribution in [3.63, 3.8) is 0 Å². The minimum atomic E-state index is -4.30. The summed E-state index contributed by atoms with van der Waals surface area (Å²) < 4.78 is 41.9. The summed E-state index contributed by atoms with van der Waals surface area (Å²) in [4.78, 5) is 0. The van der Waals surface area contributed by atoms with E-state index in [9.17, 15) is 13.2 Å². The van der Waals surface area contributed by atoms with Gasteiger partial charge in [0.25, 0.3) is 0 Å². The van der Waals surface area contributed by atoms with Gasteiger partial charge >= 0.3 is 6.18 Å². The first-order valence-corrected chi connectivity index (χ1v) is 7.38. The van der Waals surface area contributed by atoms with Gasteiger partial charge in [0, 0.05) is 0 Å². The van der Waals surface area contributed by atoms with Gasteiger partial charge in [-0.05, 0) is 37.4 Å². The van der Waals surface area contributed by atoms with Crippen molar-refractivity contribution in [2.45, 2.75) is 51.9 Å². The molecule has 0 aliphatic carbocycles. The van der Waals surface area contributed by atoms with Crippen LogP contribution in [0, 0.1) is 0 Å². The summed E-state index contributed by atoms with van der Waals surface area (Å²) in [6.07, 6.45) is -3.00. The highest BCUT2D eigenvalue weighted by Gasteiger charge is 2.30. The van der Waals surface area contributed by atoms with E-state index in [4.69, 9.17) is 4.74 Å². The van der Waals surface area contributed by atoms with Gasteiger partial charge in [0.05, 0.1) is 12.1 Å². The number of ether oxygens (including phenoxy) is 1. The molecule has 0 aliphatic heterocycles. The Bertz CT molecular complexity index is 403. The van der Waals surface area contributed by atoms with E-state index in [1.54, 1.807) is 6.92 Å². The average molecular weight is 303 g/mol. The molecule has 0 aliphatic rings. The Labute approximate surface area is 124 Å². The Morgan fingerprint density at radius 3 is 2.24 bits per heavy atom. The number of aryl methyl sites for hydroxylation is 1. The van der Waals surface area contributed by atoms with E-state index >= 15 is 0 Å². The molecular formula is C16H24F3NO. The van der Waals surface area contributed by atoms with Crippen LogP contribution < -0.4 is 5.32 Å². The molecule has 0 fully saturated rings. The summed E-state index contributed by atoms with van der Waals surface area (Å²) in [6.45, 7) is 5.28. The van der Waals surface area contributed by atoms with E-state index in [-0.39, 0.29) is 6.04 Å². The van der Waals surface area contributed by atoms with E-state index in [0.717, 1.165) is 24.9 Å². The number of nitrogens with one attached hydrogen (secondary N) is 1. The van der Waals surface area contributed by atoms with Crippen LogP contribution in [0.25, 0.3) is 0 Å². The second kappa shape index (κ2) is 8.39. The van der Waals surface area contributed by atoms with E-state index < -0.39 is 18.9 Å². The lowest BCUT2D eigenvalue weighted by Crippen LogP contribution is -2.34. The third-order valence-corrected chi connectivity index (χ3v) is 3.34. The molecule has 120 valence electrons. The molecule has 0 radical (unpaired) electrons. The molecule has 0 saturated heterocycles. The van der Waals surface area contributed by atoms with Gasteiger partial charge < -0.3 is 10.1 Å². The van der Waals surface area contributed by atoms with Gasteiger partial charge in [0.15, 0.2) is 0 Å². The normalized spacial score (nSPS) is 15.0. The third-order valence-electron chi connectivity index (χ3n) is 3.34. The molecule has 1 N–H and O–H groups in total. The van der Waals surface area contributed by atoms with Gasteiger partial charge in [-0.2, -0.15) is 13.2 Å². The summed E-state index contributed by atoms with van der Waals surface area (Å²) in [7, 11) is 0. The first-order chi connectivity index (χ1) is 9.87. The zero-order valence-electron chi connectivity index (χ0n) is 12.8. The highest BCUT2D eigenvalue weighted by atomic mass is 19.4. The standard InChI is InChI=1S/C16H24F3NO/c1-4-10-20-15(12(3)21-11-16(17,18)19)14-8-6-13(5-2)7-9-14/h6-9,12,15,20H,4-5,10-11H2,1-3H3. The number of alkyl halides is 3. The Kier molecular flexibility index (Phi) is 7.18. The van der Waals surface area contributed by atoms with Crippen LogP contribution >= 0.6 is 0 Å². The molecule has 1 rings (SSSR count). The van der Waals surface area contributed by atoms with E-state index in [0.29, 0.717) is 0 Å². The number of hydrogen-bond acceptors (Lipinski definition) is 2. The number of hydrogen-bond donors (Lipinski definition) is 1. The van der Waals surface area contributed by atoms with Crippen molar-refractivity contribution in [2.75, 3.05) is 13.2 Å². The van der Waals surface area contributed by atoms with Crippen molar-refractivity contribution < 1.29 is 17.9 Å². The largest absolute Gasteiger partial charge is 0.411 e. The maximum absolute atomic E-state index is 12.3. The molecular weight excluding hydrogens is 279 g/mol. The van der Waals surface area contributed by atoms with Crippen molar-refractivity contribution in [1.82, 2.24) is 5.32 Å². The fourth-order valence-corrected chi connectivity index (χ4v) is 2.14. The van der Waals surface area contributed by atoms with Crippen LogP contribution in [0.15, 0.2) is 24.3 Å². The Balaban J connectivity index is 2.77. The highest BCUT2D eigenvalue weighted by Crippen LogP contribution is 2.23. The molecule has 2 nitrogen and oxygen atoms in total. The SMILES string of the molecule is CCCNC(c1ccc(CC)cc1)C(C)OCC(F)(F)F. The summed E-state index contributed by atoms with van der Waals surface area (Å²) in [5.74, 6) is 0. The molecule has 0 spiro atoms. The molecule has 21 heavy (non-hydrogen) atoms. The molecule has 2 unspecified atom stereocenters. The van der Waals surface area contributed by atoms with Gasteiger partial charge in [-0.15, -0.1) is 0 Å². The molecule has 0 aromatic heterocycles. The fourth-order valence-electron chi connectivity index (χ4n) is 2.14. The van der Waals surface area contributed by atoms with Crippen LogP contribution in [-0.4, -0.2) is 25.4 Å². The average Bonchev–Trinajstić information content (AvgIpc) is 2.45. The minimum absolute atomic E-state index is 0.238. The van der Waals surface area contributed by atoms with Crippen LogP contribution in [0.2, 0.25) is 0 Å². The lowest BCUT2D eigenvalue weighted by Gasteiger charge is -2.26. The first-order valence-electron chi connectivity index (χ1n) is 7.38. The second-order valence-electron chi connectivity index (χ2n) is 5.16. The lowest BCUT2D eigenvalue weighted by atomic mass is 10.00. The van der Waals surface area contributed by atoms with Gasteiger partial charge in [-0.1, -0.05) is 38.1 Å². The van der Waals surface area contributed by atoms with E-state index in [1.807, 2.05) is 31.2 Å². The van der Waals surface area contributed by atoms with Crippen molar-refractivity contribution >= 4 is 0 Å². The van der Waals surface area contributed by atoms with Crippen LogP contribution in [0.5, 0.6) is 0 Å². The summed E-state index contributed by atoms with van der Waals surface area (Å²) in [5.41, 5.74) is 2.16. The fraction of sp³-hybridized carbons (Fsp3) is 0.625. The van der Waals surface area contributed by atoms with Gasteiger partial charge in [0.1, 0.15) is 6.61 Å². The summed E-state index contributed by atoms with van der Waals surface area (Å²) in [5, 5.41) is 3.27. The monoisotopic (exact) mass is 303 g/mol. The van der Waals surface area contributed by atoms with Gasteiger partial charge in [-0.25, -0.2) is 0 Å².